The molecule has 0 aliphatic carbocycles. The molecule has 0 aliphatic heterocycles. The summed E-state index contributed by atoms with van der Waals surface area (Å²) in [5, 5.41) is 1.84. The molecule has 0 saturated heterocycles. The number of hydrogen-bond acceptors (Lipinski definition) is 3. The van der Waals surface area contributed by atoms with Crippen molar-refractivity contribution in [1.29, 1.82) is 0 Å². The van der Waals surface area contributed by atoms with E-state index in [1.54, 1.807) is 6.07 Å². The second-order valence-corrected chi connectivity index (χ2v) is 5.00. The molecular weight excluding hydrogens is 182 g/mol. The number of carbonyl (C=O) groups is 1. The second kappa shape index (κ2) is 3.58. The molecule has 1 aromatic heterocycles. The second-order valence-electron chi connectivity index (χ2n) is 4.34. The monoisotopic (exact) mass is 197 g/mol. The minimum Gasteiger partial charge on any atom is -0.292 e. The van der Waals surface area contributed by atoms with Crippen molar-refractivity contribution in [2.24, 2.45) is 11.3 Å². The SMILES string of the molecule is CC(C(=O)c1ccsn1)C(C)(C)C. The predicted molar refractivity (Wildman–Crippen MR) is 55.1 cm³/mol. The number of hydrogen-bond donors (Lipinski definition) is 0. The molecule has 1 heterocycles. The van der Waals surface area contributed by atoms with Gasteiger partial charge in [-0.15, -0.1) is 0 Å². The third kappa shape index (κ3) is 2.37. The predicted octanol–water partition coefficient (Wildman–Crippen LogP) is 3.01. The topological polar surface area (TPSA) is 30.0 Å². The van der Waals surface area contributed by atoms with Crippen molar-refractivity contribution >= 4 is 17.3 Å². The molecule has 3 heteroatoms. The Hall–Kier alpha value is -0.700. The van der Waals surface area contributed by atoms with Gasteiger partial charge in [-0.05, 0) is 23.0 Å². The van der Waals surface area contributed by atoms with Crippen LogP contribution in [-0.4, -0.2) is 10.2 Å². The van der Waals surface area contributed by atoms with Gasteiger partial charge in [-0.3, -0.25) is 4.79 Å². The highest BCUT2D eigenvalue weighted by Crippen LogP contribution is 2.28. The molecule has 1 rings (SSSR count). The van der Waals surface area contributed by atoms with Crippen molar-refractivity contribution in [3.05, 3.63) is 17.1 Å². The maximum absolute atomic E-state index is 11.8. The summed E-state index contributed by atoms with van der Waals surface area (Å²) >= 11 is 1.33. The largest absolute Gasteiger partial charge is 0.292 e. The van der Waals surface area contributed by atoms with Crippen molar-refractivity contribution in [2.45, 2.75) is 27.7 Å². The molecule has 0 bridgehead atoms. The molecule has 1 aromatic rings. The Morgan fingerprint density at radius 3 is 2.54 bits per heavy atom. The molecule has 1 atom stereocenters. The summed E-state index contributed by atoms with van der Waals surface area (Å²) in [5.41, 5.74) is 0.619. The third-order valence-electron chi connectivity index (χ3n) is 2.38. The van der Waals surface area contributed by atoms with Crippen molar-refractivity contribution in [2.75, 3.05) is 0 Å². The summed E-state index contributed by atoms with van der Waals surface area (Å²) < 4.78 is 4.04. The van der Waals surface area contributed by atoms with Crippen molar-refractivity contribution < 1.29 is 4.79 Å². The van der Waals surface area contributed by atoms with Gasteiger partial charge in [0.05, 0.1) is 0 Å². The lowest BCUT2D eigenvalue weighted by molar-refractivity contribution is 0.0835. The van der Waals surface area contributed by atoms with Crippen molar-refractivity contribution in [1.82, 2.24) is 4.37 Å². The number of nitrogens with zero attached hydrogens (tertiary/aromatic N) is 1. The molecule has 13 heavy (non-hydrogen) atoms. The van der Waals surface area contributed by atoms with Crippen LogP contribution in [0.5, 0.6) is 0 Å². The molecule has 1 unspecified atom stereocenters. The highest BCUT2D eigenvalue weighted by Gasteiger charge is 2.28. The molecule has 0 aliphatic rings. The average molecular weight is 197 g/mol. The van der Waals surface area contributed by atoms with Crippen molar-refractivity contribution in [3.63, 3.8) is 0 Å². The highest BCUT2D eigenvalue weighted by molar-refractivity contribution is 7.03. The van der Waals surface area contributed by atoms with E-state index in [0.29, 0.717) is 5.69 Å². The smallest absolute Gasteiger partial charge is 0.185 e. The summed E-state index contributed by atoms with van der Waals surface area (Å²) in [4.78, 5) is 11.8. The van der Waals surface area contributed by atoms with E-state index in [9.17, 15) is 4.79 Å². The normalized spacial score (nSPS) is 14.2. The molecule has 72 valence electrons. The lowest BCUT2D eigenvalue weighted by Crippen LogP contribution is -2.25. The number of aromatic nitrogens is 1. The average Bonchev–Trinajstić information content (AvgIpc) is 2.51. The van der Waals surface area contributed by atoms with Crippen LogP contribution in [-0.2, 0) is 0 Å². The molecule has 0 saturated carbocycles. The van der Waals surface area contributed by atoms with Gasteiger partial charge in [-0.2, -0.15) is 4.37 Å². The van der Waals surface area contributed by atoms with E-state index in [2.05, 4.69) is 25.1 Å². The van der Waals surface area contributed by atoms with Crippen LogP contribution in [0.2, 0.25) is 0 Å². The Kier molecular flexibility index (Phi) is 2.86. The summed E-state index contributed by atoms with van der Waals surface area (Å²) in [5.74, 6) is 0.170. The van der Waals surface area contributed by atoms with Crippen LogP contribution in [0.1, 0.15) is 38.2 Å². The van der Waals surface area contributed by atoms with Gasteiger partial charge >= 0.3 is 0 Å². The maximum atomic E-state index is 11.8. The highest BCUT2D eigenvalue weighted by atomic mass is 32.1. The first-order valence-electron chi connectivity index (χ1n) is 4.37. The Morgan fingerprint density at radius 1 is 1.54 bits per heavy atom. The Morgan fingerprint density at radius 2 is 2.15 bits per heavy atom. The Balaban J connectivity index is 2.81. The zero-order valence-corrected chi connectivity index (χ0v) is 9.31. The summed E-state index contributed by atoms with van der Waals surface area (Å²) in [6.45, 7) is 8.17. The van der Waals surface area contributed by atoms with Crippen LogP contribution in [0.25, 0.3) is 0 Å². The third-order valence-corrected chi connectivity index (χ3v) is 2.94. The van der Waals surface area contributed by atoms with E-state index >= 15 is 0 Å². The zero-order chi connectivity index (χ0) is 10.1. The summed E-state index contributed by atoms with van der Waals surface area (Å²) in [7, 11) is 0. The first-order chi connectivity index (χ1) is 5.93. The Bertz CT molecular complexity index is 284. The van der Waals surface area contributed by atoms with Gasteiger partial charge in [0.1, 0.15) is 5.69 Å². The molecular formula is C10H15NOS. The molecule has 0 amide bonds. The molecule has 0 spiro atoms. The van der Waals surface area contributed by atoms with Gasteiger partial charge < -0.3 is 0 Å². The quantitative estimate of drug-likeness (QED) is 0.682. The van der Waals surface area contributed by atoms with Crippen LogP contribution in [0, 0.1) is 11.3 Å². The van der Waals surface area contributed by atoms with Crippen LogP contribution in [0.15, 0.2) is 11.4 Å². The summed E-state index contributed by atoms with van der Waals surface area (Å²) in [6, 6.07) is 1.79. The van der Waals surface area contributed by atoms with Gasteiger partial charge in [0.25, 0.3) is 0 Å². The lowest BCUT2D eigenvalue weighted by atomic mass is 9.79. The molecule has 0 radical (unpaired) electrons. The number of ketones is 1. The van der Waals surface area contributed by atoms with E-state index in [1.807, 2.05) is 12.3 Å². The van der Waals surface area contributed by atoms with Crippen LogP contribution in [0.4, 0.5) is 0 Å². The molecule has 0 N–H and O–H groups in total. The number of carbonyl (C=O) groups excluding carboxylic acids is 1. The standard InChI is InChI=1S/C10H15NOS/c1-7(10(2,3)4)9(12)8-5-6-13-11-8/h5-7H,1-4H3. The van der Waals surface area contributed by atoms with Crippen LogP contribution in [0.3, 0.4) is 0 Å². The van der Waals surface area contributed by atoms with Crippen LogP contribution >= 0.6 is 11.5 Å². The van der Waals surface area contributed by atoms with E-state index < -0.39 is 0 Å². The Labute approximate surface area is 83.1 Å². The van der Waals surface area contributed by atoms with Crippen LogP contribution < -0.4 is 0 Å². The van der Waals surface area contributed by atoms with Gasteiger partial charge in [0.2, 0.25) is 0 Å². The van der Waals surface area contributed by atoms with E-state index in [4.69, 9.17) is 0 Å². The fourth-order valence-corrected chi connectivity index (χ4v) is 1.47. The number of Topliss-reactive ketones (excluding diaryl/α,β-unsaturated/α-hetero) is 1. The fourth-order valence-electron chi connectivity index (χ4n) is 0.955. The van der Waals surface area contributed by atoms with E-state index in [1.165, 1.54) is 11.5 Å². The minimum atomic E-state index is 0.0146. The zero-order valence-electron chi connectivity index (χ0n) is 8.50. The van der Waals surface area contributed by atoms with Gasteiger partial charge in [-0.25, -0.2) is 0 Å². The van der Waals surface area contributed by atoms with Gasteiger partial charge in [0, 0.05) is 11.3 Å². The minimum absolute atomic E-state index is 0.0146. The first kappa shape index (κ1) is 10.4. The van der Waals surface area contributed by atoms with E-state index in [-0.39, 0.29) is 17.1 Å². The lowest BCUT2D eigenvalue weighted by Gasteiger charge is -2.24. The molecule has 0 fully saturated rings. The van der Waals surface area contributed by atoms with E-state index in [0.717, 1.165) is 0 Å². The van der Waals surface area contributed by atoms with Gasteiger partial charge in [-0.1, -0.05) is 27.7 Å². The summed E-state index contributed by atoms with van der Waals surface area (Å²) in [6.07, 6.45) is 0. The molecule has 0 aromatic carbocycles. The molecule has 2 nitrogen and oxygen atoms in total. The fraction of sp³-hybridized carbons (Fsp3) is 0.600. The first-order valence-corrected chi connectivity index (χ1v) is 5.21. The van der Waals surface area contributed by atoms with Gasteiger partial charge in [0.15, 0.2) is 5.78 Å². The number of rotatable bonds is 2. The maximum Gasteiger partial charge on any atom is 0.185 e. The van der Waals surface area contributed by atoms with Crippen molar-refractivity contribution in [3.8, 4) is 0 Å².